The lowest BCUT2D eigenvalue weighted by Crippen LogP contribution is -2.10. The van der Waals surface area contributed by atoms with Crippen LogP contribution >= 0.6 is 11.3 Å². The number of aromatic nitrogens is 1. The summed E-state index contributed by atoms with van der Waals surface area (Å²) >= 11 is 1.85. The van der Waals surface area contributed by atoms with Gasteiger partial charge in [-0.15, -0.1) is 11.3 Å². The molecule has 9 aromatic carbocycles. The lowest BCUT2D eigenvalue weighted by atomic mass is 9.97. The smallest absolute Gasteiger partial charge is 0.0541 e. The number of para-hydroxylation sites is 2. The van der Waals surface area contributed by atoms with Gasteiger partial charge in [0.2, 0.25) is 0 Å². The second-order valence-electron chi connectivity index (χ2n) is 14.2. The van der Waals surface area contributed by atoms with Crippen LogP contribution in [0.25, 0.3) is 80.7 Å². The number of fused-ring (bicyclic) bond motifs is 7. The van der Waals surface area contributed by atoms with Gasteiger partial charge in [-0.25, -0.2) is 0 Å². The summed E-state index contributed by atoms with van der Waals surface area (Å²) in [6, 6.07) is 75.3. The van der Waals surface area contributed by atoms with Crippen LogP contribution in [0, 0.1) is 0 Å². The third-order valence-corrected chi connectivity index (χ3v) is 12.1. The molecule has 2 heterocycles. The predicted octanol–water partition coefficient (Wildman–Crippen LogP) is 15.1. The highest BCUT2D eigenvalue weighted by molar-refractivity contribution is 7.25. The third-order valence-electron chi connectivity index (χ3n) is 10.9. The Labute approximate surface area is 323 Å². The van der Waals surface area contributed by atoms with Crippen LogP contribution in [0.4, 0.5) is 17.1 Å². The Morgan fingerprint density at radius 1 is 0.327 bits per heavy atom. The van der Waals surface area contributed by atoms with Crippen molar-refractivity contribution in [3.8, 4) is 27.9 Å². The molecule has 0 N–H and O–H groups in total. The van der Waals surface area contributed by atoms with Gasteiger partial charge in [0.05, 0.1) is 11.0 Å². The van der Waals surface area contributed by atoms with Gasteiger partial charge in [-0.2, -0.15) is 0 Å². The molecule has 3 heteroatoms. The summed E-state index contributed by atoms with van der Waals surface area (Å²) in [5, 5.41) is 7.61. The topological polar surface area (TPSA) is 8.17 Å². The first-order valence-corrected chi connectivity index (χ1v) is 19.6. The highest BCUT2D eigenvalue weighted by Crippen LogP contribution is 2.42. The van der Waals surface area contributed by atoms with Crippen LogP contribution in [-0.2, 0) is 0 Å². The minimum atomic E-state index is 1.10. The first-order valence-electron chi connectivity index (χ1n) is 18.7. The van der Waals surface area contributed by atoms with E-state index in [1.807, 2.05) is 11.3 Å². The normalized spacial score (nSPS) is 11.6. The lowest BCUT2D eigenvalue weighted by molar-refractivity contribution is 1.17. The molecule has 11 rings (SSSR count). The van der Waals surface area contributed by atoms with Gasteiger partial charge >= 0.3 is 0 Å². The Morgan fingerprint density at radius 2 is 0.909 bits per heavy atom. The van der Waals surface area contributed by atoms with Crippen molar-refractivity contribution in [1.82, 2.24) is 4.57 Å². The third kappa shape index (κ3) is 5.40. The van der Waals surface area contributed by atoms with Gasteiger partial charge in [-0.1, -0.05) is 127 Å². The van der Waals surface area contributed by atoms with Gasteiger partial charge in [0.1, 0.15) is 0 Å². The average Bonchev–Trinajstić information content (AvgIpc) is 3.80. The minimum Gasteiger partial charge on any atom is -0.310 e. The standard InChI is InChI=1S/C52H34N2S/c1-2-12-37-32-40(24-23-35(37)11-1)39-14-9-13-38(31-39)36-25-27-41(28-26-36)53(44-29-30-52-48(34-44)47-19-5-8-22-51(47)55-52)42-15-10-16-43(33-42)54-49-20-6-3-17-45(49)46-18-4-7-21-50(46)54/h1-34H. The molecule has 0 spiro atoms. The Balaban J connectivity index is 1.04. The van der Waals surface area contributed by atoms with Crippen molar-refractivity contribution in [3.05, 3.63) is 206 Å². The predicted molar refractivity (Wildman–Crippen MR) is 237 cm³/mol. The summed E-state index contributed by atoms with van der Waals surface area (Å²) in [4.78, 5) is 2.40. The van der Waals surface area contributed by atoms with E-state index < -0.39 is 0 Å². The molecule has 0 radical (unpaired) electrons. The van der Waals surface area contributed by atoms with Crippen LogP contribution in [0.15, 0.2) is 206 Å². The molecule has 11 aromatic rings. The van der Waals surface area contributed by atoms with Gasteiger partial charge in [-0.3, -0.25) is 0 Å². The summed E-state index contributed by atoms with van der Waals surface area (Å²) < 4.78 is 5.00. The van der Waals surface area contributed by atoms with Crippen LogP contribution in [-0.4, -0.2) is 4.57 Å². The molecule has 0 saturated carbocycles. The van der Waals surface area contributed by atoms with Crippen LogP contribution < -0.4 is 4.90 Å². The second kappa shape index (κ2) is 12.9. The van der Waals surface area contributed by atoms with E-state index in [2.05, 4.69) is 216 Å². The second-order valence-corrected chi connectivity index (χ2v) is 15.3. The van der Waals surface area contributed by atoms with Crippen molar-refractivity contribution in [2.24, 2.45) is 0 Å². The quantitative estimate of drug-likeness (QED) is 0.166. The van der Waals surface area contributed by atoms with Gasteiger partial charge in [0.15, 0.2) is 0 Å². The average molecular weight is 719 g/mol. The van der Waals surface area contributed by atoms with Crippen LogP contribution in [0.5, 0.6) is 0 Å². The van der Waals surface area contributed by atoms with Crippen LogP contribution in [0.1, 0.15) is 0 Å². The molecule has 0 amide bonds. The van der Waals surface area contributed by atoms with Crippen LogP contribution in [0.3, 0.4) is 0 Å². The van der Waals surface area contributed by atoms with E-state index in [-0.39, 0.29) is 0 Å². The molecule has 0 atom stereocenters. The number of nitrogens with zero attached hydrogens (tertiary/aromatic N) is 2. The molecular weight excluding hydrogens is 685 g/mol. The van der Waals surface area contributed by atoms with Crippen molar-refractivity contribution < 1.29 is 0 Å². The molecule has 0 bridgehead atoms. The van der Waals surface area contributed by atoms with Crippen molar-refractivity contribution in [3.63, 3.8) is 0 Å². The number of anilines is 3. The van der Waals surface area contributed by atoms with E-state index in [1.165, 1.54) is 75.0 Å². The van der Waals surface area contributed by atoms with E-state index in [9.17, 15) is 0 Å². The Morgan fingerprint density at radius 3 is 1.71 bits per heavy atom. The van der Waals surface area contributed by atoms with Crippen molar-refractivity contribution in [1.29, 1.82) is 0 Å². The molecule has 0 saturated heterocycles. The molecule has 2 aromatic heterocycles. The van der Waals surface area contributed by atoms with Crippen molar-refractivity contribution in [2.45, 2.75) is 0 Å². The molecule has 0 fully saturated rings. The van der Waals surface area contributed by atoms with Crippen LogP contribution in [0.2, 0.25) is 0 Å². The molecule has 0 unspecified atom stereocenters. The van der Waals surface area contributed by atoms with Gasteiger partial charge < -0.3 is 9.47 Å². The summed E-state index contributed by atoms with van der Waals surface area (Å²) in [7, 11) is 0. The molecule has 0 aliphatic heterocycles. The monoisotopic (exact) mass is 718 g/mol. The first kappa shape index (κ1) is 31.6. The zero-order chi connectivity index (χ0) is 36.3. The maximum absolute atomic E-state index is 2.40. The molecular formula is C52H34N2S. The molecule has 0 aliphatic carbocycles. The highest BCUT2D eigenvalue weighted by atomic mass is 32.1. The maximum atomic E-state index is 2.40. The largest absolute Gasteiger partial charge is 0.310 e. The van der Waals surface area contributed by atoms with E-state index >= 15 is 0 Å². The summed E-state index contributed by atoms with van der Waals surface area (Å²) in [6.07, 6.45) is 0. The Bertz CT molecular complexity index is 3170. The molecule has 55 heavy (non-hydrogen) atoms. The fraction of sp³-hybridized carbons (Fsp3) is 0. The molecule has 258 valence electrons. The van der Waals surface area contributed by atoms with Gasteiger partial charge in [0.25, 0.3) is 0 Å². The van der Waals surface area contributed by atoms with Crippen molar-refractivity contribution in [2.75, 3.05) is 4.90 Å². The number of hydrogen-bond donors (Lipinski definition) is 0. The zero-order valence-corrected chi connectivity index (χ0v) is 30.7. The van der Waals surface area contributed by atoms with E-state index in [4.69, 9.17) is 0 Å². The SMILES string of the molecule is c1cc(-c2ccc(N(c3cccc(-n4c5ccccc5c5ccccc54)c3)c3ccc4sc5ccccc5c4c3)cc2)cc(-c2ccc3ccccc3c2)c1. The summed E-state index contributed by atoms with van der Waals surface area (Å²) in [6.45, 7) is 0. The maximum Gasteiger partial charge on any atom is 0.0541 e. The Hall–Kier alpha value is -6.94. The van der Waals surface area contributed by atoms with Gasteiger partial charge in [-0.05, 0) is 112 Å². The van der Waals surface area contributed by atoms with E-state index in [0.717, 1.165) is 22.7 Å². The van der Waals surface area contributed by atoms with E-state index in [0.29, 0.717) is 0 Å². The highest BCUT2D eigenvalue weighted by Gasteiger charge is 2.18. The fourth-order valence-corrected chi connectivity index (χ4v) is 9.41. The zero-order valence-electron chi connectivity index (χ0n) is 29.9. The fourth-order valence-electron chi connectivity index (χ4n) is 8.32. The molecule has 0 aliphatic rings. The van der Waals surface area contributed by atoms with Gasteiger partial charge in [0, 0.05) is 53.7 Å². The van der Waals surface area contributed by atoms with E-state index in [1.54, 1.807) is 0 Å². The minimum absolute atomic E-state index is 1.10. The summed E-state index contributed by atoms with van der Waals surface area (Å²) in [5.41, 5.74) is 11.7. The number of hydrogen-bond acceptors (Lipinski definition) is 2. The first-order chi connectivity index (χ1) is 27.2. The molecule has 2 nitrogen and oxygen atoms in total. The number of benzene rings is 9. The lowest BCUT2D eigenvalue weighted by Gasteiger charge is -2.26. The van der Waals surface area contributed by atoms with Crippen molar-refractivity contribution >= 4 is 81.1 Å². The number of thiophene rings is 1. The number of rotatable bonds is 6. The Kier molecular flexibility index (Phi) is 7.39. The summed E-state index contributed by atoms with van der Waals surface area (Å²) in [5.74, 6) is 0.